The van der Waals surface area contributed by atoms with Gasteiger partial charge in [-0.2, -0.15) is 13.2 Å². The Kier molecular flexibility index (Phi) is 6.09. The van der Waals surface area contributed by atoms with E-state index in [4.69, 9.17) is 15.2 Å². The maximum atomic E-state index is 12.3. The average molecular weight is 339 g/mol. The van der Waals surface area contributed by atoms with Gasteiger partial charge in [0.25, 0.3) is 0 Å². The molecule has 0 bridgehead atoms. The molecule has 2 aromatic rings. The van der Waals surface area contributed by atoms with Crippen LogP contribution in [0.25, 0.3) is 0 Å². The first-order chi connectivity index (χ1) is 11.4. The van der Waals surface area contributed by atoms with E-state index in [0.29, 0.717) is 23.7 Å². The van der Waals surface area contributed by atoms with Gasteiger partial charge in [0.05, 0.1) is 7.11 Å². The van der Waals surface area contributed by atoms with Crippen LogP contribution in [0.3, 0.4) is 0 Å². The van der Waals surface area contributed by atoms with Gasteiger partial charge in [-0.3, -0.25) is 0 Å². The SMILES string of the molecule is COc1cc([C@@H](N)CCC(F)(F)F)ccc1OCc1ccccc1. The minimum absolute atomic E-state index is 0.170. The van der Waals surface area contributed by atoms with Crippen molar-refractivity contribution in [1.82, 2.24) is 0 Å². The average Bonchev–Trinajstić information content (AvgIpc) is 2.58. The van der Waals surface area contributed by atoms with Crippen molar-refractivity contribution in [3.63, 3.8) is 0 Å². The van der Waals surface area contributed by atoms with Gasteiger partial charge >= 0.3 is 6.18 Å². The Morgan fingerprint density at radius 1 is 1.04 bits per heavy atom. The quantitative estimate of drug-likeness (QED) is 0.801. The van der Waals surface area contributed by atoms with Crippen LogP contribution in [0.1, 0.15) is 30.0 Å². The zero-order chi connectivity index (χ0) is 17.6. The van der Waals surface area contributed by atoms with Crippen molar-refractivity contribution in [2.45, 2.75) is 31.7 Å². The molecule has 0 amide bonds. The van der Waals surface area contributed by atoms with Crippen LogP contribution >= 0.6 is 0 Å². The Morgan fingerprint density at radius 2 is 1.75 bits per heavy atom. The highest BCUT2D eigenvalue weighted by Crippen LogP contribution is 2.33. The summed E-state index contributed by atoms with van der Waals surface area (Å²) >= 11 is 0. The van der Waals surface area contributed by atoms with Crippen molar-refractivity contribution >= 4 is 0 Å². The van der Waals surface area contributed by atoms with E-state index < -0.39 is 18.6 Å². The molecule has 3 nitrogen and oxygen atoms in total. The van der Waals surface area contributed by atoms with Gasteiger partial charge in [-0.05, 0) is 29.7 Å². The third-order valence-electron chi connectivity index (χ3n) is 3.59. The summed E-state index contributed by atoms with van der Waals surface area (Å²) in [6.45, 7) is 0.372. The summed E-state index contributed by atoms with van der Waals surface area (Å²) in [5.74, 6) is 0.971. The topological polar surface area (TPSA) is 44.5 Å². The van der Waals surface area contributed by atoms with E-state index in [2.05, 4.69) is 0 Å². The molecule has 0 spiro atoms. The highest BCUT2D eigenvalue weighted by Gasteiger charge is 2.28. The Bertz CT molecular complexity index is 644. The lowest BCUT2D eigenvalue weighted by Crippen LogP contribution is -2.16. The summed E-state index contributed by atoms with van der Waals surface area (Å²) in [5, 5.41) is 0. The van der Waals surface area contributed by atoms with Gasteiger partial charge < -0.3 is 15.2 Å². The number of ether oxygens (including phenoxy) is 2. The van der Waals surface area contributed by atoms with Gasteiger partial charge in [-0.1, -0.05) is 36.4 Å². The van der Waals surface area contributed by atoms with Gasteiger partial charge in [0.15, 0.2) is 11.5 Å². The van der Waals surface area contributed by atoms with E-state index in [9.17, 15) is 13.2 Å². The molecule has 2 N–H and O–H groups in total. The largest absolute Gasteiger partial charge is 0.493 e. The first kappa shape index (κ1) is 18.1. The van der Waals surface area contributed by atoms with Crippen molar-refractivity contribution in [1.29, 1.82) is 0 Å². The summed E-state index contributed by atoms with van der Waals surface area (Å²) in [5.41, 5.74) is 7.44. The number of halogens is 3. The van der Waals surface area contributed by atoms with Gasteiger partial charge in [0.1, 0.15) is 6.61 Å². The molecule has 0 aliphatic heterocycles. The fourth-order valence-corrected chi connectivity index (χ4v) is 2.26. The summed E-state index contributed by atoms with van der Waals surface area (Å²) in [4.78, 5) is 0. The first-order valence-electron chi connectivity index (χ1n) is 7.56. The highest BCUT2D eigenvalue weighted by atomic mass is 19.4. The highest BCUT2D eigenvalue weighted by molar-refractivity contribution is 5.44. The number of hydrogen-bond donors (Lipinski definition) is 1. The number of alkyl halides is 3. The molecule has 1 atom stereocenters. The molecule has 0 aromatic heterocycles. The van der Waals surface area contributed by atoms with Gasteiger partial charge in [-0.25, -0.2) is 0 Å². The van der Waals surface area contributed by atoms with Gasteiger partial charge in [0, 0.05) is 12.5 Å². The molecule has 0 saturated carbocycles. The Balaban J connectivity index is 2.04. The maximum Gasteiger partial charge on any atom is 0.389 e. The molecule has 0 aliphatic carbocycles. The van der Waals surface area contributed by atoms with E-state index in [-0.39, 0.29) is 6.42 Å². The molecule has 0 saturated heterocycles. The van der Waals surface area contributed by atoms with Crippen molar-refractivity contribution in [3.05, 3.63) is 59.7 Å². The third kappa shape index (κ3) is 5.45. The smallest absolute Gasteiger partial charge is 0.389 e. The second-order valence-corrected chi connectivity index (χ2v) is 5.44. The predicted molar refractivity (Wildman–Crippen MR) is 86.0 cm³/mol. The normalized spacial score (nSPS) is 12.7. The fraction of sp³-hybridized carbons (Fsp3) is 0.333. The van der Waals surface area contributed by atoms with Crippen LogP contribution in [0.15, 0.2) is 48.5 Å². The second kappa shape index (κ2) is 8.06. The molecule has 0 heterocycles. The third-order valence-corrected chi connectivity index (χ3v) is 3.59. The van der Waals surface area contributed by atoms with Crippen LogP contribution in [0.4, 0.5) is 13.2 Å². The molecule has 2 aromatic carbocycles. The van der Waals surface area contributed by atoms with E-state index in [1.807, 2.05) is 30.3 Å². The molecule has 0 fully saturated rings. The number of benzene rings is 2. The van der Waals surface area contributed by atoms with Crippen LogP contribution in [-0.4, -0.2) is 13.3 Å². The molecule has 0 unspecified atom stereocenters. The number of rotatable bonds is 7. The van der Waals surface area contributed by atoms with Crippen LogP contribution in [0.2, 0.25) is 0 Å². The van der Waals surface area contributed by atoms with E-state index >= 15 is 0 Å². The standard InChI is InChI=1S/C18H20F3NO2/c1-23-17-11-14(15(22)9-10-18(19,20)21)7-8-16(17)24-12-13-5-3-2-4-6-13/h2-8,11,15H,9-10,12,22H2,1H3/t15-/m0/s1. The molecule has 130 valence electrons. The van der Waals surface area contributed by atoms with Crippen LogP contribution < -0.4 is 15.2 Å². The van der Waals surface area contributed by atoms with Crippen LogP contribution in [0, 0.1) is 0 Å². The number of nitrogens with two attached hydrogens (primary N) is 1. The monoisotopic (exact) mass is 339 g/mol. The number of hydrogen-bond acceptors (Lipinski definition) is 3. The first-order valence-corrected chi connectivity index (χ1v) is 7.56. The molecule has 0 aliphatic rings. The van der Waals surface area contributed by atoms with Crippen molar-refractivity contribution in [2.24, 2.45) is 5.73 Å². The van der Waals surface area contributed by atoms with Crippen molar-refractivity contribution < 1.29 is 22.6 Å². The Morgan fingerprint density at radius 3 is 2.38 bits per heavy atom. The number of methoxy groups -OCH3 is 1. The summed E-state index contributed by atoms with van der Waals surface area (Å²) < 4.78 is 47.9. The predicted octanol–water partition coefficient (Wildman–Crippen LogP) is 4.62. The van der Waals surface area contributed by atoms with Crippen molar-refractivity contribution in [2.75, 3.05) is 7.11 Å². The second-order valence-electron chi connectivity index (χ2n) is 5.44. The minimum atomic E-state index is -4.21. The van der Waals surface area contributed by atoms with E-state index in [1.165, 1.54) is 7.11 Å². The molecule has 24 heavy (non-hydrogen) atoms. The molecule has 0 radical (unpaired) electrons. The summed E-state index contributed by atoms with van der Waals surface area (Å²) in [7, 11) is 1.48. The van der Waals surface area contributed by atoms with Gasteiger partial charge in [0.2, 0.25) is 0 Å². The summed E-state index contributed by atoms with van der Waals surface area (Å²) in [6.07, 6.45) is -5.29. The van der Waals surface area contributed by atoms with E-state index in [0.717, 1.165) is 5.56 Å². The fourth-order valence-electron chi connectivity index (χ4n) is 2.26. The van der Waals surface area contributed by atoms with Gasteiger partial charge in [-0.15, -0.1) is 0 Å². The van der Waals surface area contributed by atoms with E-state index in [1.54, 1.807) is 18.2 Å². The van der Waals surface area contributed by atoms with Crippen LogP contribution in [0.5, 0.6) is 11.5 Å². The van der Waals surface area contributed by atoms with Crippen LogP contribution in [-0.2, 0) is 6.61 Å². The van der Waals surface area contributed by atoms with Crippen molar-refractivity contribution in [3.8, 4) is 11.5 Å². The summed E-state index contributed by atoms with van der Waals surface area (Å²) in [6, 6.07) is 13.9. The molecule has 2 rings (SSSR count). The minimum Gasteiger partial charge on any atom is -0.493 e. The lowest BCUT2D eigenvalue weighted by atomic mass is 10.0. The Labute approximate surface area is 139 Å². The maximum absolute atomic E-state index is 12.3. The molecular formula is C18H20F3NO2. The lowest BCUT2D eigenvalue weighted by molar-refractivity contribution is -0.136. The zero-order valence-corrected chi connectivity index (χ0v) is 13.3. The molecular weight excluding hydrogens is 319 g/mol. The lowest BCUT2D eigenvalue weighted by Gasteiger charge is -2.16. The zero-order valence-electron chi connectivity index (χ0n) is 13.3. The Hall–Kier alpha value is -2.21. The molecule has 6 heteroatoms.